The Balaban J connectivity index is 2.43. The summed E-state index contributed by atoms with van der Waals surface area (Å²) >= 11 is 0. The van der Waals surface area contributed by atoms with Gasteiger partial charge in [0.2, 0.25) is 5.91 Å². The molecule has 1 aromatic carbocycles. The fourth-order valence-electron chi connectivity index (χ4n) is 2.26. The first kappa shape index (κ1) is 10.2. The number of carbonyl (C=O) groups excluding carboxylic acids is 1. The number of nitrogens with zero attached hydrogens (tertiary/aromatic N) is 1. The molecule has 3 nitrogen and oxygen atoms in total. The largest absolute Gasteiger partial charge is 0.392 e. The molecule has 0 radical (unpaired) electrons. The van der Waals surface area contributed by atoms with E-state index in [1.807, 2.05) is 30.0 Å². The lowest BCUT2D eigenvalue weighted by atomic mass is 10.1. The van der Waals surface area contributed by atoms with E-state index in [1.54, 1.807) is 6.92 Å². The zero-order valence-electron chi connectivity index (χ0n) is 9.03. The number of benzene rings is 1. The minimum absolute atomic E-state index is 0.0573. The molecule has 1 unspecified atom stereocenters. The van der Waals surface area contributed by atoms with Crippen molar-refractivity contribution in [2.45, 2.75) is 32.9 Å². The van der Waals surface area contributed by atoms with Crippen LogP contribution in [0.5, 0.6) is 0 Å². The minimum Gasteiger partial charge on any atom is -0.392 e. The van der Waals surface area contributed by atoms with Crippen molar-refractivity contribution >= 4 is 11.6 Å². The van der Waals surface area contributed by atoms with Gasteiger partial charge in [0.1, 0.15) is 0 Å². The number of anilines is 1. The van der Waals surface area contributed by atoms with Gasteiger partial charge in [0, 0.05) is 18.7 Å². The van der Waals surface area contributed by atoms with E-state index in [0.29, 0.717) is 0 Å². The predicted octanol–water partition coefficient (Wildman–Crippen LogP) is 1.48. The van der Waals surface area contributed by atoms with Crippen LogP contribution in [0.25, 0.3) is 0 Å². The molecule has 0 saturated heterocycles. The molecule has 0 aromatic heterocycles. The van der Waals surface area contributed by atoms with Gasteiger partial charge in [0.05, 0.1) is 6.61 Å². The highest BCUT2D eigenvalue weighted by Gasteiger charge is 2.28. The van der Waals surface area contributed by atoms with E-state index in [0.717, 1.165) is 23.2 Å². The molecule has 1 aliphatic rings. The first-order valence-corrected chi connectivity index (χ1v) is 5.16. The Labute approximate surface area is 89.3 Å². The highest BCUT2D eigenvalue weighted by molar-refractivity contribution is 5.94. The molecule has 0 aliphatic carbocycles. The molecule has 1 N–H and O–H groups in total. The zero-order chi connectivity index (χ0) is 11.0. The Morgan fingerprint density at radius 1 is 1.60 bits per heavy atom. The Kier molecular flexibility index (Phi) is 2.49. The van der Waals surface area contributed by atoms with Gasteiger partial charge in [-0.15, -0.1) is 0 Å². The Morgan fingerprint density at radius 2 is 2.33 bits per heavy atom. The van der Waals surface area contributed by atoms with Crippen LogP contribution in [0.3, 0.4) is 0 Å². The third-order valence-corrected chi connectivity index (χ3v) is 2.88. The SMILES string of the molecule is CC(=O)N1c2ccc(CO)cc2CC1C. The van der Waals surface area contributed by atoms with E-state index in [1.165, 1.54) is 0 Å². The fraction of sp³-hybridized carbons (Fsp3) is 0.417. The van der Waals surface area contributed by atoms with Crippen LogP contribution in [0.1, 0.15) is 25.0 Å². The molecule has 3 heteroatoms. The van der Waals surface area contributed by atoms with Crippen LogP contribution < -0.4 is 4.90 Å². The van der Waals surface area contributed by atoms with E-state index >= 15 is 0 Å². The van der Waals surface area contributed by atoms with Gasteiger partial charge in [0.15, 0.2) is 0 Å². The minimum atomic E-state index is 0.0573. The molecule has 0 fully saturated rings. The second kappa shape index (κ2) is 3.66. The monoisotopic (exact) mass is 205 g/mol. The topological polar surface area (TPSA) is 40.5 Å². The summed E-state index contributed by atoms with van der Waals surface area (Å²) in [5.74, 6) is 0.0815. The van der Waals surface area contributed by atoms with Gasteiger partial charge < -0.3 is 10.0 Å². The molecule has 1 aromatic rings. The number of fused-ring (bicyclic) bond motifs is 1. The lowest BCUT2D eigenvalue weighted by Crippen LogP contribution is -2.33. The molecule has 0 spiro atoms. The van der Waals surface area contributed by atoms with Crippen molar-refractivity contribution in [3.8, 4) is 0 Å². The second-order valence-corrected chi connectivity index (χ2v) is 4.06. The second-order valence-electron chi connectivity index (χ2n) is 4.06. The molecule has 0 bridgehead atoms. The van der Waals surface area contributed by atoms with Crippen LogP contribution in [-0.4, -0.2) is 17.1 Å². The summed E-state index contributed by atoms with van der Waals surface area (Å²) in [6, 6.07) is 6.00. The van der Waals surface area contributed by atoms with Crippen molar-refractivity contribution in [2.75, 3.05) is 4.90 Å². The van der Waals surface area contributed by atoms with Crippen molar-refractivity contribution < 1.29 is 9.90 Å². The van der Waals surface area contributed by atoms with Crippen LogP contribution in [0.15, 0.2) is 18.2 Å². The number of carbonyl (C=O) groups is 1. The molecule has 1 atom stereocenters. The Hall–Kier alpha value is -1.35. The number of amides is 1. The van der Waals surface area contributed by atoms with Crippen LogP contribution in [0, 0.1) is 0 Å². The molecule has 1 aliphatic heterocycles. The first-order chi connectivity index (χ1) is 7.13. The maximum absolute atomic E-state index is 11.5. The van der Waals surface area contributed by atoms with Crippen molar-refractivity contribution in [2.24, 2.45) is 0 Å². The highest BCUT2D eigenvalue weighted by atomic mass is 16.3. The Bertz CT molecular complexity index is 401. The molecule has 80 valence electrons. The van der Waals surface area contributed by atoms with Crippen LogP contribution >= 0.6 is 0 Å². The van der Waals surface area contributed by atoms with Crippen LogP contribution in [-0.2, 0) is 17.8 Å². The summed E-state index contributed by atoms with van der Waals surface area (Å²) in [6.07, 6.45) is 0.878. The van der Waals surface area contributed by atoms with Gasteiger partial charge in [-0.2, -0.15) is 0 Å². The normalized spacial score (nSPS) is 19.1. The van der Waals surface area contributed by atoms with Gasteiger partial charge in [-0.25, -0.2) is 0 Å². The van der Waals surface area contributed by atoms with E-state index in [2.05, 4.69) is 0 Å². The molecule has 15 heavy (non-hydrogen) atoms. The molecule has 2 rings (SSSR count). The number of hydrogen-bond donors (Lipinski definition) is 1. The van der Waals surface area contributed by atoms with Crippen molar-refractivity contribution in [1.82, 2.24) is 0 Å². The van der Waals surface area contributed by atoms with Gasteiger partial charge in [-0.3, -0.25) is 4.79 Å². The van der Waals surface area contributed by atoms with Crippen LogP contribution in [0.2, 0.25) is 0 Å². The maximum atomic E-state index is 11.5. The average Bonchev–Trinajstić information content (AvgIpc) is 2.52. The summed E-state index contributed by atoms with van der Waals surface area (Å²) < 4.78 is 0. The molecular formula is C12H15NO2. The van der Waals surface area contributed by atoms with Gasteiger partial charge >= 0.3 is 0 Å². The summed E-state index contributed by atoms with van der Waals surface area (Å²) in [5, 5.41) is 9.03. The molecule has 0 saturated carbocycles. The van der Waals surface area contributed by atoms with Gasteiger partial charge in [-0.05, 0) is 30.5 Å². The van der Waals surface area contributed by atoms with E-state index in [4.69, 9.17) is 5.11 Å². The quantitative estimate of drug-likeness (QED) is 0.754. The summed E-state index contributed by atoms with van der Waals surface area (Å²) in [7, 11) is 0. The number of aliphatic hydroxyl groups is 1. The van der Waals surface area contributed by atoms with E-state index in [9.17, 15) is 4.79 Å². The highest BCUT2D eigenvalue weighted by Crippen LogP contribution is 2.32. The van der Waals surface area contributed by atoms with Crippen molar-refractivity contribution in [3.05, 3.63) is 29.3 Å². The van der Waals surface area contributed by atoms with Gasteiger partial charge in [0.25, 0.3) is 0 Å². The lowest BCUT2D eigenvalue weighted by Gasteiger charge is -2.20. The van der Waals surface area contributed by atoms with E-state index in [-0.39, 0.29) is 18.6 Å². The first-order valence-electron chi connectivity index (χ1n) is 5.16. The summed E-state index contributed by atoms with van der Waals surface area (Å²) in [4.78, 5) is 13.3. The summed E-state index contributed by atoms with van der Waals surface area (Å²) in [5.41, 5.74) is 3.06. The Morgan fingerprint density at radius 3 is 2.93 bits per heavy atom. The molecule has 1 amide bonds. The summed E-state index contributed by atoms with van der Waals surface area (Å²) in [6.45, 7) is 3.69. The zero-order valence-corrected chi connectivity index (χ0v) is 9.03. The van der Waals surface area contributed by atoms with Crippen molar-refractivity contribution in [3.63, 3.8) is 0 Å². The van der Waals surface area contributed by atoms with Crippen LogP contribution in [0.4, 0.5) is 5.69 Å². The predicted molar refractivity (Wildman–Crippen MR) is 58.7 cm³/mol. The number of aliphatic hydroxyl groups excluding tert-OH is 1. The number of rotatable bonds is 1. The number of hydrogen-bond acceptors (Lipinski definition) is 2. The standard InChI is InChI=1S/C12H15NO2/c1-8-5-11-6-10(7-14)3-4-12(11)13(8)9(2)15/h3-4,6,8,14H,5,7H2,1-2H3. The lowest BCUT2D eigenvalue weighted by molar-refractivity contribution is -0.116. The fourth-order valence-corrected chi connectivity index (χ4v) is 2.26. The maximum Gasteiger partial charge on any atom is 0.224 e. The van der Waals surface area contributed by atoms with Crippen molar-refractivity contribution in [1.29, 1.82) is 0 Å². The van der Waals surface area contributed by atoms with Gasteiger partial charge in [-0.1, -0.05) is 12.1 Å². The average molecular weight is 205 g/mol. The third kappa shape index (κ3) is 1.63. The molecular weight excluding hydrogens is 190 g/mol. The molecule has 1 heterocycles. The smallest absolute Gasteiger partial charge is 0.224 e. The van der Waals surface area contributed by atoms with E-state index < -0.39 is 0 Å². The third-order valence-electron chi connectivity index (χ3n) is 2.88.